The Bertz CT molecular complexity index is 393. The van der Waals surface area contributed by atoms with Gasteiger partial charge in [-0.25, -0.2) is 0 Å². The molecule has 1 atom stereocenters. The lowest BCUT2D eigenvalue weighted by Gasteiger charge is -2.06. The van der Waals surface area contributed by atoms with Crippen LogP contribution in [0.1, 0.15) is 142 Å². The quantitative estimate of drug-likeness (QED) is 0.130. The summed E-state index contributed by atoms with van der Waals surface area (Å²) in [4.78, 5) is 0. The molecule has 0 aliphatic rings. The molecular formula is C29H55N. The van der Waals surface area contributed by atoms with Gasteiger partial charge in [-0.2, -0.15) is 0 Å². The second-order valence-corrected chi connectivity index (χ2v) is 9.03. The van der Waals surface area contributed by atoms with Crippen molar-refractivity contribution in [1.29, 1.82) is 0 Å². The van der Waals surface area contributed by atoms with Crippen molar-refractivity contribution in [3.8, 4) is 0 Å². The summed E-state index contributed by atoms with van der Waals surface area (Å²) in [7, 11) is 0. The van der Waals surface area contributed by atoms with Gasteiger partial charge in [0.2, 0.25) is 0 Å². The van der Waals surface area contributed by atoms with Crippen molar-refractivity contribution in [2.24, 2.45) is 5.73 Å². The zero-order valence-corrected chi connectivity index (χ0v) is 20.8. The van der Waals surface area contributed by atoms with Crippen LogP contribution in [0.2, 0.25) is 0 Å². The lowest BCUT2D eigenvalue weighted by Crippen LogP contribution is -2.16. The van der Waals surface area contributed by atoms with Gasteiger partial charge in [0.1, 0.15) is 0 Å². The first-order valence-corrected chi connectivity index (χ1v) is 13.5. The van der Waals surface area contributed by atoms with Crippen LogP contribution in [0, 0.1) is 0 Å². The van der Waals surface area contributed by atoms with E-state index in [0.717, 1.165) is 6.42 Å². The molecule has 0 aliphatic heterocycles. The molecule has 0 aliphatic carbocycles. The predicted molar refractivity (Wildman–Crippen MR) is 139 cm³/mol. The maximum absolute atomic E-state index is 6.20. The summed E-state index contributed by atoms with van der Waals surface area (Å²) >= 11 is 0. The zero-order valence-electron chi connectivity index (χ0n) is 20.8. The molecule has 0 heterocycles. The van der Waals surface area contributed by atoms with E-state index in [9.17, 15) is 0 Å². The van der Waals surface area contributed by atoms with Crippen molar-refractivity contribution in [1.82, 2.24) is 0 Å². The minimum Gasteiger partial charge on any atom is -0.324 e. The molecule has 1 nitrogen and oxygen atoms in total. The standard InChI is InChI=1S/C29H55N/c1-3-5-7-9-11-12-13-14-15-16-17-18-19-20-22-24-26-28-29(30)27-25-23-21-10-8-6-4-2/h4,6,14-15,26,28-29H,3,5,7-13,16-25,27,30H2,1-2H3/b6-4+,15-14+,28-26+. The van der Waals surface area contributed by atoms with Crippen molar-refractivity contribution in [2.45, 2.75) is 148 Å². The molecule has 0 saturated carbocycles. The summed E-state index contributed by atoms with van der Waals surface area (Å²) in [6.45, 7) is 4.38. The van der Waals surface area contributed by atoms with Crippen LogP contribution in [0.4, 0.5) is 0 Å². The number of rotatable bonds is 23. The Labute approximate surface area is 190 Å². The third-order valence-electron chi connectivity index (χ3n) is 5.91. The number of hydrogen-bond donors (Lipinski definition) is 1. The summed E-state index contributed by atoms with van der Waals surface area (Å²) in [6, 6.07) is 0.267. The second-order valence-electron chi connectivity index (χ2n) is 9.03. The van der Waals surface area contributed by atoms with E-state index in [0.29, 0.717) is 0 Å². The number of unbranched alkanes of at least 4 members (excludes halogenated alkanes) is 16. The minimum absolute atomic E-state index is 0.267. The van der Waals surface area contributed by atoms with Crippen molar-refractivity contribution in [2.75, 3.05) is 0 Å². The van der Waals surface area contributed by atoms with Gasteiger partial charge in [0.15, 0.2) is 0 Å². The van der Waals surface area contributed by atoms with Crippen molar-refractivity contribution >= 4 is 0 Å². The van der Waals surface area contributed by atoms with E-state index >= 15 is 0 Å². The largest absolute Gasteiger partial charge is 0.324 e. The normalized spacial score (nSPS) is 13.3. The van der Waals surface area contributed by atoms with E-state index in [1.165, 1.54) is 122 Å². The first-order valence-electron chi connectivity index (χ1n) is 13.5. The van der Waals surface area contributed by atoms with Gasteiger partial charge >= 0.3 is 0 Å². The minimum atomic E-state index is 0.267. The Morgan fingerprint density at radius 2 is 0.967 bits per heavy atom. The third-order valence-corrected chi connectivity index (χ3v) is 5.91. The highest BCUT2D eigenvalue weighted by molar-refractivity contribution is 4.91. The van der Waals surface area contributed by atoms with E-state index in [-0.39, 0.29) is 6.04 Å². The maximum atomic E-state index is 6.20. The van der Waals surface area contributed by atoms with Gasteiger partial charge in [-0.15, -0.1) is 0 Å². The summed E-state index contributed by atoms with van der Waals surface area (Å²) in [5, 5.41) is 0. The molecular weight excluding hydrogens is 362 g/mol. The van der Waals surface area contributed by atoms with Gasteiger partial charge in [-0.3, -0.25) is 0 Å². The molecule has 0 rings (SSSR count). The topological polar surface area (TPSA) is 26.0 Å². The molecule has 2 N–H and O–H groups in total. The smallest absolute Gasteiger partial charge is 0.0223 e. The molecule has 0 fully saturated rings. The SMILES string of the molecule is C/C=C/CCCCCCC(N)/C=C/CCCCCCC/C=C/CCCCCCCC. The van der Waals surface area contributed by atoms with E-state index in [1.807, 2.05) is 0 Å². The summed E-state index contributed by atoms with van der Waals surface area (Å²) in [5.74, 6) is 0. The van der Waals surface area contributed by atoms with Gasteiger partial charge in [0, 0.05) is 6.04 Å². The summed E-state index contributed by atoms with van der Waals surface area (Å²) < 4.78 is 0. The Morgan fingerprint density at radius 3 is 1.50 bits per heavy atom. The monoisotopic (exact) mass is 417 g/mol. The lowest BCUT2D eigenvalue weighted by atomic mass is 10.0. The molecule has 0 radical (unpaired) electrons. The third kappa shape index (κ3) is 25.2. The van der Waals surface area contributed by atoms with Gasteiger partial charge in [-0.05, 0) is 64.7 Å². The Morgan fingerprint density at radius 1 is 0.533 bits per heavy atom. The molecule has 0 aromatic rings. The van der Waals surface area contributed by atoms with E-state index in [4.69, 9.17) is 5.73 Å². The average Bonchev–Trinajstić information content (AvgIpc) is 2.75. The Hall–Kier alpha value is -0.820. The molecule has 176 valence electrons. The van der Waals surface area contributed by atoms with Crippen molar-refractivity contribution in [3.05, 3.63) is 36.5 Å². The van der Waals surface area contributed by atoms with Crippen LogP contribution in [0.3, 0.4) is 0 Å². The molecule has 30 heavy (non-hydrogen) atoms. The van der Waals surface area contributed by atoms with Gasteiger partial charge in [0.25, 0.3) is 0 Å². The first kappa shape index (κ1) is 29.2. The van der Waals surface area contributed by atoms with Crippen molar-refractivity contribution < 1.29 is 0 Å². The highest BCUT2D eigenvalue weighted by atomic mass is 14.6. The maximum Gasteiger partial charge on any atom is 0.0223 e. The highest BCUT2D eigenvalue weighted by Crippen LogP contribution is 2.11. The molecule has 1 heteroatoms. The van der Waals surface area contributed by atoms with Gasteiger partial charge < -0.3 is 5.73 Å². The lowest BCUT2D eigenvalue weighted by molar-refractivity contribution is 0.588. The van der Waals surface area contributed by atoms with E-state index in [2.05, 4.69) is 50.3 Å². The molecule has 0 aromatic heterocycles. The molecule has 0 saturated heterocycles. The van der Waals surface area contributed by atoms with Crippen LogP contribution < -0.4 is 5.73 Å². The van der Waals surface area contributed by atoms with Crippen LogP contribution in [0.5, 0.6) is 0 Å². The molecule has 0 amide bonds. The fourth-order valence-electron chi connectivity index (χ4n) is 3.86. The van der Waals surface area contributed by atoms with Crippen LogP contribution in [0.25, 0.3) is 0 Å². The first-order chi connectivity index (χ1) is 14.8. The molecule has 0 spiro atoms. The molecule has 1 unspecified atom stereocenters. The predicted octanol–water partition coefficient (Wildman–Crippen LogP) is 9.82. The summed E-state index contributed by atoms with van der Waals surface area (Å²) in [6.07, 6.45) is 40.5. The molecule has 0 bridgehead atoms. The fourth-order valence-corrected chi connectivity index (χ4v) is 3.86. The Balaban J connectivity index is 3.27. The van der Waals surface area contributed by atoms with Gasteiger partial charge in [0.05, 0.1) is 0 Å². The summed E-state index contributed by atoms with van der Waals surface area (Å²) in [5.41, 5.74) is 6.20. The number of allylic oxidation sites excluding steroid dienone is 5. The van der Waals surface area contributed by atoms with Crippen LogP contribution in [0.15, 0.2) is 36.5 Å². The van der Waals surface area contributed by atoms with Gasteiger partial charge in [-0.1, -0.05) is 114 Å². The fraction of sp³-hybridized carbons (Fsp3) is 0.793. The second kappa shape index (κ2) is 26.2. The van der Waals surface area contributed by atoms with E-state index < -0.39 is 0 Å². The zero-order chi connectivity index (χ0) is 22.0. The van der Waals surface area contributed by atoms with Crippen LogP contribution >= 0.6 is 0 Å². The Kier molecular flexibility index (Phi) is 25.5. The van der Waals surface area contributed by atoms with Crippen LogP contribution in [-0.4, -0.2) is 6.04 Å². The van der Waals surface area contributed by atoms with Crippen LogP contribution in [-0.2, 0) is 0 Å². The average molecular weight is 418 g/mol. The van der Waals surface area contributed by atoms with E-state index in [1.54, 1.807) is 0 Å². The number of hydrogen-bond acceptors (Lipinski definition) is 1. The molecule has 0 aromatic carbocycles. The van der Waals surface area contributed by atoms with Crippen molar-refractivity contribution in [3.63, 3.8) is 0 Å². The number of nitrogens with two attached hydrogens (primary N) is 1. The highest BCUT2D eigenvalue weighted by Gasteiger charge is 1.97.